The van der Waals surface area contributed by atoms with Gasteiger partial charge >= 0.3 is 0 Å². The minimum atomic E-state index is 0.655. The quantitative estimate of drug-likeness (QED) is 0.117. The first-order valence-corrected chi connectivity index (χ1v) is 25.3. The number of methoxy groups -OCH3 is 2. The third-order valence-corrected chi connectivity index (χ3v) is 14.9. The molecule has 3 fully saturated rings. The molecule has 1 saturated carbocycles. The van der Waals surface area contributed by atoms with E-state index >= 15 is 0 Å². The number of hydrogen-bond donors (Lipinski definition) is 0. The van der Waals surface area contributed by atoms with Gasteiger partial charge < -0.3 is 28.7 Å². The molecule has 0 N–H and O–H groups in total. The maximum atomic E-state index is 6.36. The van der Waals surface area contributed by atoms with Gasteiger partial charge in [-0.1, -0.05) is 69.0 Å². The van der Waals surface area contributed by atoms with Crippen molar-refractivity contribution in [1.29, 1.82) is 0 Å². The molecule has 68 heavy (non-hydrogen) atoms. The molecule has 0 bridgehead atoms. The van der Waals surface area contributed by atoms with Gasteiger partial charge in [-0.05, 0) is 78.9 Å². The van der Waals surface area contributed by atoms with Gasteiger partial charge in [0.1, 0.15) is 36.0 Å². The SMILES string of the molecule is CCCCN1COc2c(cc(CN3CCN(c4ccccc4OC)CC3)c3cccnc23)C1.COc1ccccc1N1CCN(Cc2cc3c(c4ncccc24)OCN(C2CCCCC2)C3)CC1. The zero-order valence-electron chi connectivity index (χ0n) is 40.6. The minimum absolute atomic E-state index is 0.655. The number of piperazine rings is 2. The maximum absolute atomic E-state index is 6.36. The third kappa shape index (κ3) is 10.2. The van der Waals surface area contributed by atoms with Crippen LogP contribution in [0.25, 0.3) is 21.8 Å². The van der Waals surface area contributed by atoms with Gasteiger partial charge in [-0.3, -0.25) is 29.6 Å². The summed E-state index contributed by atoms with van der Waals surface area (Å²) >= 11 is 0. The minimum Gasteiger partial charge on any atom is -0.495 e. The molecule has 6 heterocycles. The smallest absolute Gasteiger partial charge is 0.152 e. The molecule has 0 radical (unpaired) electrons. The number of anilines is 2. The summed E-state index contributed by atoms with van der Waals surface area (Å²) in [7, 11) is 3.50. The molecule has 12 heteroatoms. The molecule has 0 spiro atoms. The molecular formula is C56H70N8O4. The summed E-state index contributed by atoms with van der Waals surface area (Å²) in [5.74, 6) is 3.88. The predicted molar refractivity (Wildman–Crippen MR) is 273 cm³/mol. The van der Waals surface area contributed by atoms with E-state index < -0.39 is 0 Å². The molecule has 11 rings (SSSR count). The van der Waals surface area contributed by atoms with Gasteiger partial charge in [0.25, 0.3) is 0 Å². The second-order valence-electron chi connectivity index (χ2n) is 19.2. The summed E-state index contributed by atoms with van der Waals surface area (Å²) in [5.41, 5.74) is 9.70. The molecule has 5 aliphatic rings. The zero-order valence-corrected chi connectivity index (χ0v) is 40.6. The number of rotatable bonds is 12. The number of para-hydroxylation sites is 4. The lowest BCUT2D eigenvalue weighted by Gasteiger charge is -2.38. The number of fused-ring (bicyclic) bond motifs is 6. The Morgan fingerprint density at radius 3 is 1.62 bits per heavy atom. The normalized spacial score (nSPS) is 18.6. The van der Waals surface area contributed by atoms with Crippen LogP contribution in [0.5, 0.6) is 23.0 Å². The van der Waals surface area contributed by atoms with Gasteiger partial charge in [0, 0.05) is 125 Å². The Hall–Kier alpha value is -5.66. The van der Waals surface area contributed by atoms with Gasteiger partial charge in [-0.25, -0.2) is 0 Å². The number of nitrogens with zero attached hydrogens (tertiary/aromatic N) is 8. The average Bonchev–Trinajstić information content (AvgIpc) is 3.41. The van der Waals surface area contributed by atoms with Crippen molar-refractivity contribution in [3.8, 4) is 23.0 Å². The van der Waals surface area contributed by atoms with Gasteiger partial charge in [0.2, 0.25) is 0 Å². The van der Waals surface area contributed by atoms with Crippen LogP contribution < -0.4 is 28.7 Å². The van der Waals surface area contributed by atoms with Crippen molar-refractivity contribution in [1.82, 2.24) is 29.6 Å². The van der Waals surface area contributed by atoms with E-state index in [-0.39, 0.29) is 0 Å². The van der Waals surface area contributed by atoms with Gasteiger partial charge in [0.05, 0.1) is 25.6 Å². The van der Waals surface area contributed by atoms with Crippen LogP contribution in [0.1, 0.15) is 74.1 Å². The fourth-order valence-corrected chi connectivity index (χ4v) is 11.1. The highest BCUT2D eigenvalue weighted by Gasteiger charge is 2.30. The molecule has 0 atom stereocenters. The van der Waals surface area contributed by atoms with Crippen LogP contribution in [0.3, 0.4) is 0 Å². The van der Waals surface area contributed by atoms with E-state index in [0.29, 0.717) is 19.5 Å². The molecule has 4 aromatic carbocycles. The van der Waals surface area contributed by atoms with Crippen molar-refractivity contribution in [2.45, 2.75) is 84.1 Å². The molecule has 0 unspecified atom stereocenters. The first-order chi connectivity index (χ1) is 33.6. The molecular weight excluding hydrogens is 849 g/mol. The van der Waals surface area contributed by atoms with Crippen molar-refractivity contribution in [2.24, 2.45) is 0 Å². The lowest BCUT2D eigenvalue weighted by Crippen LogP contribution is -2.46. The van der Waals surface area contributed by atoms with Crippen LogP contribution >= 0.6 is 0 Å². The molecule has 1 aliphatic carbocycles. The Morgan fingerprint density at radius 1 is 0.574 bits per heavy atom. The number of ether oxygens (including phenoxy) is 4. The Balaban J connectivity index is 0.000000159. The van der Waals surface area contributed by atoms with E-state index in [2.05, 4.69) is 90.9 Å². The van der Waals surface area contributed by atoms with E-state index in [9.17, 15) is 0 Å². The Bertz CT molecular complexity index is 2620. The lowest BCUT2D eigenvalue weighted by atomic mass is 9.93. The van der Waals surface area contributed by atoms with Crippen molar-refractivity contribution in [3.05, 3.63) is 120 Å². The maximum Gasteiger partial charge on any atom is 0.152 e. The van der Waals surface area contributed by atoms with Crippen LogP contribution in [0, 0.1) is 0 Å². The Morgan fingerprint density at radius 2 is 1.09 bits per heavy atom. The van der Waals surface area contributed by atoms with Crippen LogP contribution in [0.2, 0.25) is 0 Å². The largest absolute Gasteiger partial charge is 0.495 e. The zero-order chi connectivity index (χ0) is 46.2. The number of benzene rings is 4. The van der Waals surface area contributed by atoms with Crippen LogP contribution in [0.4, 0.5) is 11.4 Å². The number of unbranched alkanes of at least 4 members (excludes halogenated alkanes) is 1. The molecule has 6 aromatic rings. The number of pyridine rings is 2. The monoisotopic (exact) mass is 919 g/mol. The van der Waals surface area contributed by atoms with Crippen molar-refractivity contribution < 1.29 is 18.9 Å². The van der Waals surface area contributed by atoms with Gasteiger partial charge in [0.15, 0.2) is 11.5 Å². The highest BCUT2D eigenvalue weighted by atomic mass is 16.5. The first kappa shape index (κ1) is 46.1. The Kier molecular flexibility index (Phi) is 14.7. The summed E-state index contributed by atoms with van der Waals surface area (Å²) < 4.78 is 23.7. The standard InChI is InChI=1S/C29H36N4O2.C27H34N4O2/c1-34-27-12-6-5-11-26(27)32-16-14-31(15-17-32)19-22-18-23-20-33(24-8-3-2-4-9-24)21-35-29(23)28-25(22)10-7-13-30-28;1-3-4-12-30-19-22-17-21(23-8-7-11-28-26(23)27(22)33-20-30)18-29-13-15-31(16-14-29)24-9-5-6-10-25(24)32-2/h5-7,10-13,18,24H,2-4,8-9,14-17,19-21H2,1H3;5-11,17H,3-4,12-16,18-20H2,1-2H3. The molecule has 2 saturated heterocycles. The van der Waals surface area contributed by atoms with Gasteiger partial charge in [-0.2, -0.15) is 0 Å². The van der Waals surface area contributed by atoms with Crippen LogP contribution in [-0.4, -0.2) is 122 Å². The van der Waals surface area contributed by atoms with E-state index in [1.165, 1.54) is 89.3 Å². The second-order valence-corrected chi connectivity index (χ2v) is 19.2. The predicted octanol–water partition coefficient (Wildman–Crippen LogP) is 9.57. The van der Waals surface area contributed by atoms with E-state index in [1.807, 2.05) is 42.7 Å². The molecule has 4 aliphatic heterocycles. The average molecular weight is 919 g/mol. The van der Waals surface area contributed by atoms with Crippen LogP contribution in [-0.2, 0) is 26.2 Å². The van der Waals surface area contributed by atoms with E-state index in [0.717, 1.165) is 119 Å². The summed E-state index contributed by atoms with van der Waals surface area (Å²) in [6, 6.07) is 30.6. The Labute approximate surface area is 403 Å². The summed E-state index contributed by atoms with van der Waals surface area (Å²) in [6.07, 6.45) is 12.9. The van der Waals surface area contributed by atoms with Gasteiger partial charge in [-0.15, -0.1) is 0 Å². The summed E-state index contributed by atoms with van der Waals surface area (Å²) in [6.45, 7) is 16.6. The fourth-order valence-electron chi connectivity index (χ4n) is 11.1. The third-order valence-electron chi connectivity index (χ3n) is 14.9. The van der Waals surface area contributed by atoms with Crippen molar-refractivity contribution >= 4 is 33.2 Å². The van der Waals surface area contributed by atoms with Crippen LogP contribution in [0.15, 0.2) is 97.3 Å². The number of aromatic nitrogens is 2. The fraction of sp³-hybridized carbons (Fsp3) is 0.464. The van der Waals surface area contributed by atoms with E-state index in [4.69, 9.17) is 28.9 Å². The molecule has 12 nitrogen and oxygen atoms in total. The topological polar surface area (TPSA) is 82.1 Å². The summed E-state index contributed by atoms with van der Waals surface area (Å²) in [4.78, 5) is 24.4. The van der Waals surface area contributed by atoms with Crippen molar-refractivity contribution in [3.63, 3.8) is 0 Å². The lowest BCUT2D eigenvalue weighted by molar-refractivity contribution is 0.0413. The molecule has 358 valence electrons. The highest BCUT2D eigenvalue weighted by Crippen LogP contribution is 2.39. The second kappa shape index (κ2) is 21.7. The molecule has 0 amide bonds. The van der Waals surface area contributed by atoms with Crippen molar-refractivity contribution in [2.75, 3.05) is 96.4 Å². The highest BCUT2D eigenvalue weighted by molar-refractivity contribution is 5.90. The molecule has 2 aromatic heterocycles. The van der Waals surface area contributed by atoms with E-state index in [1.54, 1.807) is 14.2 Å². The number of hydrogen-bond acceptors (Lipinski definition) is 12. The summed E-state index contributed by atoms with van der Waals surface area (Å²) in [5, 5.41) is 2.44. The first-order valence-electron chi connectivity index (χ1n) is 25.3.